The summed E-state index contributed by atoms with van der Waals surface area (Å²) in [7, 11) is -1.42. The van der Waals surface area contributed by atoms with Gasteiger partial charge in [-0.15, -0.1) is 0 Å². The Balaban J connectivity index is 2.35. The zero-order valence-electron chi connectivity index (χ0n) is 6.43. The standard InChI is InChI=1S/C7H9BO3S/c9-8(10)5-11-6-1-3-7(12)4-2-6/h1-3,9-10H,4-5H2. The lowest BCUT2D eigenvalue weighted by atomic mass is 9.95. The van der Waals surface area contributed by atoms with Crippen LogP contribution in [0.2, 0.25) is 0 Å². The van der Waals surface area contributed by atoms with Crippen LogP contribution in [-0.2, 0) is 4.74 Å². The van der Waals surface area contributed by atoms with Gasteiger partial charge in [0.15, 0.2) is 0 Å². The average Bonchev–Trinajstić information content (AvgIpc) is 2.03. The quantitative estimate of drug-likeness (QED) is 0.486. The van der Waals surface area contributed by atoms with Crippen molar-refractivity contribution < 1.29 is 14.8 Å². The maximum absolute atomic E-state index is 8.49. The van der Waals surface area contributed by atoms with Gasteiger partial charge in [0, 0.05) is 11.3 Å². The fraction of sp³-hybridized carbons (Fsp3) is 0.286. The largest absolute Gasteiger partial charge is 0.496 e. The van der Waals surface area contributed by atoms with Crippen LogP contribution < -0.4 is 0 Å². The van der Waals surface area contributed by atoms with E-state index in [0.29, 0.717) is 12.2 Å². The Hall–Kier alpha value is -0.645. The summed E-state index contributed by atoms with van der Waals surface area (Å²) in [5, 5.41) is 17.0. The smallest absolute Gasteiger partial charge is 0.491 e. The van der Waals surface area contributed by atoms with Gasteiger partial charge in [-0.05, 0) is 18.2 Å². The van der Waals surface area contributed by atoms with Crippen LogP contribution in [0.15, 0.2) is 24.0 Å². The summed E-state index contributed by atoms with van der Waals surface area (Å²) in [6.07, 6.45) is 5.98. The molecule has 0 atom stereocenters. The van der Waals surface area contributed by atoms with Gasteiger partial charge in [0.1, 0.15) is 12.3 Å². The number of rotatable bonds is 3. The van der Waals surface area contributed by atoms with E-state index >= 15 is 0 Å². The minimum Gasteiger partial charge on any atom is -0.496 e. The minimum absolute atomic E-state index is 0.108. The minimum atomic E-state index is -1.42. The fourth-order valence-corrected chi connectivity index (χ4v) is 0.942. The molecule has 0 bridgehead atoms. The van der Waals surface area contributed by atoms with Gasteiger partial charge in [0.2, 0.25) is 0 Å². The first-order valence-corrected chi connectivity index (χ1v) is 3.99. The molecule has 0 aliphatic heterocycles. The maximum atomic E-state index is 8.49. The van der Waals surface area contributed by atoms with Gasteiger partial charge in [-0.1, -0.05) is 12.2 Å². The molecule has 0 saturated heterocycles. The van der Waals surface area contributed by atoms with E-state index in [4.69, 9.17) is 27.0 Å². The van der Waals surface area contributed by atoms with E-state index in [-0.39, 0.29) is 6.51 Å². The molecule has 0 fully saturated rings. The third-order valence-corrected chi connectivity index (χ3v) is 1.64. The van der Waals surface area contributed by atoms with Crippen LogP contribution in [0.5, 0.6) is 0 Å². The van der Waals surface area contributed by atoms with Crippen molar-refractivity contribution in [2.45, 2.75) is 6.42 Å². The summed E-state index contributed by atoms with van der Waals surface area (Å²) in [5.74, 6) is 0.636. The van der Waals surface area contributed by atoms with E-state index in [0.717, 1.165) is 4.86 Å². The second kappa shape index (κ2) is 4.40. The molecule has 12 heavy (non-hydrogen) atoms. The van der Waals surface area contributed by atoms with Crippen molar-refractivity contribution in [1.82, 2.24) is 0 Å². The van der Waals surface area contributed by atoms with E-state index in [1.54, 1.807) is 12.2 Å². The van der Waals surface area contributed by atoms with Crippen LogP contribution in [0.1, 0.15) is 6.42 Å². The first-order valence-electron chi connectivity index (χ1n) is 3.58. The second-order valence-electron chi connectivity index (χ2n) is 2.40. The summed E-state index contributed by atoms with van der Waals surface area (Å²) in [6, 6.07) is 0. The van der Waals surface area contributed by atoms with E-state index < -0.39 is 7.12 Å². The number of thiocarbonyl (C=S) groups is 1. The van der Waals surface area contributed by atoms with E-state index in [9.17, 15) is 0 Å². The van der Waals surface area contributed by atoms with Crippen molar-refractivity contribution in [2.75, 3.05) is 6.51 Å². The summed E-state index contributed by atoms with van der Waals surface area (Å²) >= 11 is 4.91. The van der Waals surface area contributed by atoms with Crippen LogP contribution in [-0.4, -0.2) is 28.5 Å². The zero-order chi connectivity index (χ0) is 8.97. The second-order valence-corrected chi connectivity index (χ2v) is 2.93. The Morgan fingerprint density at radius 3 is 2.75 bits per heavy atom. The molecule has 0 aromatic carbocycles. The lowest BCUT2D eigenvalue weighted by molar-refractivity contribution is 0.236. The van der Waals surface area contributed by atoms with Gasteiger partial charge < -0.3 is 14.8 Å². The number of hydrogen-bond donors (Lipinski definition) is 2. The average molecular weight is 184 g/mol. The first-order chi connectivity index (χ1) is 5.68. The van der Waals surface area contributed by atoms with Crippen LogP contribution in [0.25, 0.3) is 0 Å². The highest BCUT2D eigenvalue weighted by Crippen LogP contribution is 2.09. The van der Waals surface area contributed by atoms with E-state index in [2.05, 4.69) is 0 Å². The lowest BCUT2D eigenvalue weighted by Gasteiger charge is -2.09. The van der Waals surface area contributed by atoms with Crippen molar-refractivity contribution in [3.63, 3.8) is 0 Å². The molecular weight excluding hydrogens is 175 g/mol. The summed E-state index contributed by atoms with van der Waals surface area (Å²) in [5.41, 5.74) is 0. The summed E-state index contributed by atoms with van der Waals surface area (Å²) < 4.78 is 5.01. The molecule has 3 nitrogen and oxygen atoms in total. The monoisotopic (exact) mass is 184 g/mol. The molecule has 0 amide bonds. The number of ether oxygens (including phenoxy) is 1. The topological polar surface area (TPSA) is 49.7 Å². The Bertz CT molecular complexity index is 235. The predicted octanol–water partition coefficient (Wildman–Crippen LogP) is 0.229. The van der Waals surface area contributed by atoms with Gasteiger partial charge in [-0.25, -0.2) is 0 Å². The summed E-state index contributed by atoms with van der Waals surface area (Å²) in [4.78, 5) is 0.854. The van der Waals surface area contributed by atoms with Gasteiger partial charge in [0.25, 0.3) is 0 Å². The molecule has 1 aliphatic carbocycles. The Kier molecular flexibility index (Phi) is 3.46. The fourth-order valence-electron chi connectivity index (χ4n) is 0.790. The molecule has 1 rings (SSSR count). The van der Waals surface area contributed by atoms with Crippen molar-refractivity contribution >= 4 is 24.2 Å². The number of hydrogen-bond acceptors (Lipinski definition) is 4. The van der Waals surface area contributed by atoms with Gasteiger partial charge in [-0.3, -0.25) is 0 Å². The zero-order valence-corrected chi connectivity index (χ0v) is 7.25. The van der Waals surface area contributed by atoms with E-state index in [1.165, 1.54) is 0 Å². The Labute approximate surface area is 76.5 Å². The molecule has 0 aromatic heterocycles. The molecule has 0 unspecified atom stereocenters. The molecule has 2 N–H and O–H groups in total. The molecule has 0 aromatic rings. The molecule has 0 heterocycles. The van der Waals surface area contributed by atoms with Crippen LogP contribution in [0, 0.1) is 0 Å². The van der Waals surface area contributed by atoms with Crippen molar-refractivity contribution in [3.05, 3.63) is 24.0 Å². The highest BCUT2D eigenvalue weighted by Gasteiger charge is 2.08. The summed E-state index contributed by atoms with van der Waals surface area (Å²) in [6.45, 7) is -0.108. The van der Waals surface area contributed by atoms with Gasteiger partial charge >= 0.3 is 7.12 Å². The van der Waals surface area contributed by atoms with Gasteiger partial charge in [0.05, 0.1) is 0 Å². The van der Waals surface area contributed by atoms with Crippen LogP contribution >= 0.6 is 12.2 Å². The molecule has 0 saturated carbocycles. The third kappa shape index (κ3) is 3.17. The molecule has 0 radical (unpaired) electrons. The lowest BCUT2D eigenvalue weighted by Crippen LogP contribution is -2.19. The Morgan fingerprint density at radius 2 is 2.25 bits per heavy atom. The SMILES string of the molecule is OB(O)COC1=CCC(=S)C=C1. The Morgan fingerprint density at radius 1 is 1.50 bits per heavy atom. The van der Waals surface area contributed by atoms with Gasteiger partial charge in [-0.2, -0.15) is 0 Å². The van der Waals surface area contributed by atoms with E-state index in [1.807, 2.05) is 6.08 Å². The molecule has 5 heteroatoms. The third-order valence-electron chi connectivity index (χ3n) is 1.34. The molecule has 64 valence electrons. The van der Waals surface area contributed by atoms with Crippen molar-refractivity contribution in [3.8, 4) is 0 Å². The van der Waals surface area contributed by atoms with Crippen molar-refractivity contribution in [2.24, 2.45) is 0 Å². The maximum Gasteiger partial charge on any atom is 0.491 e. The van der Waals surface area contributed by atoms with Crippen molar-refractivity contribution in [1.29, 1.82) is 0 Å². The molecule has 1 aliphatic rings. The van der Waals surface area contributed by atoms with Crippen LogP contribution in [0.3, 0.4) is 0 Å². The molecule has 0 spiro atoms. The predicted molar refractivity (Wildman–Crippen MR) is 50.6 cm³/mol. The van der Waals surface area contributed by atoms with Crippen LogP contribution in [0.4, 0.5) is 0 Å². The molecular formula is C7H9BO3S. The number of allylic oxidation sites excluding steroid dienone is 3. The normalized spacial score (nSPS) is 15.8. The first kappa shape index (κ1) is 9.44. The highest BCUT2D eigenvalue weighted by atomic mass is 32.1. The highest BCUT2D eigenvalue weighted by molar-refractivity contribution is 7.80.